The maximum absolute atomic E-state index is 13.4. The van der Waals surface area contributed by atoms with Crippen LogP contribution in [0.1, 0.15) is 30.0 Å². The van der Waals surface area contributed by atoms with Crippen LogP contribution in [0.25, 0.3) is 0 Å². The number of carbonyl (C=O) groups excluding carboxylic acids is 1. The van der Waals surface area contributed by atoms with E-state index in [0.29, 0.717) is 11.7 Å². The molecule has 1 amide bonds. The maximum atomic E-state index is 13.4. The van der Waals surface area contributed by atoms with Gasteiger partial charge in [-0.15, -0.1) is 10.2 Å². The van der Waals surface area contributed by atoms with Gasteiger partial charge in [0.2, 0.25) is 5.91 Å². The number of nitrogens with zero attached hydrogens (tertiary/aromatic N) is 3. The summed E-state index contributed by atoms with van der Waals surface area (Å²) in [5.41, 5.74) is 1.79. The Morgan fingerprint density at radius 2 is 1.77 bits per heavy atom. The molecule has 1 N–H and O–H groups in total. The third kappa shape index (κ3) is 4.76. The minimum absolute atomic E-state index is 0.0280. The van der Waals surface area contributed by atoms with Gasteiger partial charge in [0.15, 0.2) is 11.0 Å². The number of piperidine rings is 1. The number of benzene rings is 2. The number of nitrogens with one attached hydrogen (secondary N) is 1. The third-order valence-electron chi connectivity index (χ3n) is 5.36. The van der Waals surface area contributed by atoms with Crippen LogP contribution in [-0.4, -0.2) is 29.2 Å². The number of amides is 1. The van der Waals surface area contributed by atoms with Gasteiger partial charge in [0.25, 0.3) is 0 Å². The highest BCUT2D eigenvalue weighted by Crippen LogP contribution is 2.26. The summed E-state index contributed by atoms with van der Waals surface area (Å²) in [6.45, 7) is 1.38. The van der Waals surface area contributed by atoms with Gasteiger partial charge in [-0.3, -0.25) is 4.79 Å². The molecule has 1 aromatic heterocycles. The molecule has 2 aromatic carbocycles. The third-order valence-corrected chi connectivity index (χ3v) is 5.56. The minimum atomic E-state index is -0.343. The number of aromatic nitrogens is 2. The summed E-state index contributed by atoms with van der Waals surface area (Å²) in [4.78, 5) is 15.2. The molecule has 0 bridgehead atoms. The molecular weight excluding hydrogens is 403 g/mol. The number of halogens is 2. The standard InChI is InChI=1S/C23H22ClFN4O/c24-20-12-13-21(28-27-20)29-14-4-7-18(15-29)23(30)26-22(16-5-2-1-3-6-16)17-8-10-19(25)11-9-17/h1-3,5-6,8-13,18,22H,4,7,14-15H2,(H,26,30)/t18-,22+/m1/s1. The van der Waals surface area contributed by atoms with Gasteiger partial charge in [-0.25, -0.2) is 4.39 Å². The molecule has 1 aliphatic rings. The van der Waals surface area contributed by atoms with Gasteiger partial charge in [-0.05, 0) is 48.2 Å². The first-order chi connectivity index (χ1) is 14.6. The summed E-state index contributed by atoms with van der Waals surface area (Å²) in [5.74, 6) is 0.210. The zero-order valence-corrected chi connectivity index (χ0v) is 17.1. The van der Waals surface area contributed by atoms with Gasteiger partial charge in [-0.2, -0.15) is 0 Å². The molecular formula is C23H22ClFN4O. The number of hydrogen-bond acceptors (Lipinski definition) is 4. The Kier molecular flexibility index (Phi) is 6.23. The summed E-state index contributed by atoms with van der Waals surface area (Å²) in [6.07, 6.45) is 1.68. The molecule has 154 valence electrons. The van der Waals surface area contributed by atoms with Crippen LogP contribution in [0.15, 0.2) is 66.7 Å². The highest BCUT2D eigenvalue weighted by atomic mass is 35.5. The molecule has 1 saturated heterocycles. The van der Waals surface area contributed by atoms with Crippen molar-refractivity contribution in [1.29, 1.82) is 0 Å². The molecule has 5 nitrogen and oxygen atoms in total. The molecule has 2 atom stereocenters. The van der Waals surface area contributed by atoms with Crippen molar-refractivity contribution in [2.45, 2.75) is 18.9 Å². The monoisotopic (exact) mass is 424 g/mol. The molecule has 0 aliphatic carbocycles. The second kappa shape index (κ2) is 9.22. The van der Waals surface area contributed by atoms with Crippen LogP contribution in [0.5, 0.6) is 0 Å². The van der Waals surface area contributed by atoms with Crippen LogP contribution in [0, 0.1) is 11.7 Å². The quantitative estimate of drug-likeness (QED) is 0.659. The van der Waals surface area contributed by atoms with Crippen molar-refractivity contribution < 1.29 is 9.18 Å². The van der Waals surface area contributed by atoms with Crippen LogP contribution in [0.2, 0.25) is 5.15 Å². The Hall–Kier alpha value is -2.99. The Labute approximate surface area is 179 Å². The average molecular weight is 425 g/mol. The fourth-order valence-corrected chi connectivity index (χ4v) is 3.90. The first kappa shape index (κ1) is 20.3. The van der Waals surface area contributed by atoms with E-state index >= 15 is 0 Å². The summed E-state index contributed by atoms with van der Waals surface area (Å²) in [7, 11) is 0. The van der Waals surface area contributed by atoms with Crippen molar-refractivity contribution in [3.8, 4) is 0 Å². The van der Waals surface area contributed by atoms with E-state index in [1.54, 1.807) is 18.2 Å². The van der Waals surface area contributed by atoms with Crippen molar-refractivity contribution in [2.75, 3.05) is 18.0 Å². The van der Waals surface area contributed by atoms with E-state index in [1.165, 1.54) is 12.1 Å². The molecule has 1 fully saturated rings. The molecule has 0 saturated carbocycles. The molecule has 4 rings (SSSR count). The van der Waals surface area contributed by atoms with Crippen LogP contribution >= 0.6 is 11.6 Å². The Morgan fingerprint density at radius 1 is 1.03 bits per heavy atom. The summed E-state index contributed by atoms with van der Waals surface area (Å²) < 4.78 is 13.4. The van der Waals surface area contributed by atoms with Crippen LogP contribution in [-0.2, 0) is 4.79 Å². The lowest BCUT2D eigenvalue weighted by Gasteiger charge is -2.33. The lowest BCUT2D eigenvalue weighted by molar-refractivity contribution is -0.125. The topological polar surface area (TPSA) is 58.1 Å². The summed E-state index contributed by atoms with van der Waals surface area (Å²) >= 11 is 5.83. The van der Waals surface area contributed by atoms with Crippen LogP contribution in [0.4, 0.5) is 10.2 Å². The predicted molar refractivity (Wildman–Crippen MR) is 115 cm³/mol. The van der Waals surface area contributed by atoms with Gasteiger partial charge >= 0.3 is 0 Å². The normalized spacial score (nSPS) is 17.4. The first-order valence-electron chi connectivity index (χ1n) is 9.95. The molecule has 0 radical (unpaired) electrons. The molecule has 0 unspecified atom stereocenters. The van der Waals surface area contributed by atoms with E-state index in [4.69, 9.17) is 11.6 Å². The molecule has 7 heteroatoms. The molecule has 3 aromatic rings. The number of anilines is 1. The predicted octanol–water partition coefficient (Wildman–Crippen LogP) is 4.39. The minimum Gasteiger partial charge on any atom is -0.354 e. The van der Waals surface area contributed by atoms with E-state index < -0.39 is 0 Å². The van der Waals surface area contributed by atoms with Gasteiger partial charge in [-0.1, -0.05) is 54.1 Å². The van der Waals surface area contributed by atoms with Crippen molar-refractivity contribution in [3.63, 3.8) is 0 Å². The van der Waals surface area contributed by atoms with Crippen molar-refractivity contribution in [2.24, 2.45) is 5.92 Å². The fourth-order valence-electron chi connectivity index (χ4n) is 3.80. The number of carbonyl (C=O) groups is 1. The van der Waals surface area contributed by atoms with Crippen molar-refractivity contribution in [1.82, 2.24) is 15.5 Å². The second-order valence-corrected chi connectivity index (χ2v) is 7.79. The van der Waals surface area contributed by atoms with E-state index in [9.17, 15) is 9.18 Å². The average Bonchev–Trinajstić information content (AvgIpc) is 2.79. The van der Waals surface area contributed by atoms with E-state index in [0.717, 1.165) is 36.3 Å². The van der Waals surface area contributed by atoms with Crippen LogP contribution in [0.3, 0.4) is 0 Å². The number of hydrogen-bond donors (Lipinski definition) is 1. The molecule has 2 heterocycles. The highest BCUT2D eigenvalue weighted by molar-refractivity contribution is 6.29. The van der Waals surface area contributed by atoms with E-state index in [2.05, 4.69) is 20.4 Å². The Morgan fingerprint density at radius 3 is 2.47 bits per heavy atom. The Bertz CT molecular complexity index is 982. The Balaban J connectivity index is 1.52. The lowest BCUT2D eigenvalue weighted by Crippen LogP contribution is -2.44. The summed E-state index contributed by atoms with van der Waals surface area (Å²) in [6, 6.07) is 19.2. The zero-order valence-electron chi connectivity index (χ0n) is 16.3. The molecule has 1 aliphatic heterocycles. The van der Waals surface area contributed by atoms with E-state index in [-0.39, 0.29) is 23.7 Å². The van der Waals surface area contributed by atoms with Gasteiger partial charge < -0.3 is 10.2 Å². The van der Waals surface area contributed by atoms with Gasteiger partial charge in [0.1, 0.15) is 5.82 Å². The number of rotatable bonds is 5. The molecule has 0 spiro atoms. The smallest absolute Gasteiger partial charge is 0.225 e. The highest BCUT2D eigenvalue weighted by Gasteiger charge is 2.29. The SMILES string of the molecule is O=C(N[C@@H](c1ccccc1)c1ccc(F)cc1)[C@@H]1CCCN(c2ccc(Cl)nn2)C1. The lowest BCUT2D eigenvalue weighted by atomic mass is 9.94. The van der Waals surface area contributed by atoms with Gasteiger partial charge in [0, 0.05) is 13.1 Å². The van der Waals surface area contributed by atoms with Crippen molar-refractivity contribution >= 4 is 23.3 Å². The van der Waals surface area contributed by atoms with Crippen molar-refractivity contribution in [3.05, 3.63) is 88.8 Å². The summed E-state index contributed by atoms with van der Waals surface area (Å²) in [5, 5.41) is 11.6. The molecule has 30 heavy (non-hydrogen) atoms. The van der Waals surface area contributed by atoms with Gasteiger partial charge in [0.05, 0.1) is 12.0 Å². The second-order valence-electron chi connectivity index (χ2n) is 7.40. The zero-order chi connectivity index (χ0) is 20.9. The maximum Gasteiger partial charge on any atom is 0.225 e. The largest absolute Gasteiger partial charge is 0.354 e. The van der Waals surface area contributed by atoms with Crippen LogP contribution < -0.4 is 10.2 Å². The first-order valence-corrected chi connectivity index (χ1v) is 10.3. The fraction of sp³-hybridized carbons (Fsp3) is 0.261. The van der Waals surface area contributed by atoms with E-state index in [1.807, 2.05) is 36.4 Å².